The molecule has 32 heavy (non-hydrogen) atoms. The summed E-state index contributed by atoms with van der Waals surface area (Å²) in [7, 11) is 0. The molecule has 0 unspecified atom stereocenters. The van der Waals surface area contributed by atoms with Gasteiger partial charge in [-0.2, -0.15) is 0 Å². The highest BCUT2D eigenvalue weighted by Crippen LogP contribution is 2.36. The standard InChI is InChI=1S/C25H19I2NO4/c1-2-30-22-14-17(12-20(27)23(22)31-15-16-7-6-10-19(26)11-16)13-21-25(29)32-24(28-21)18-8-4-3-5-9-18/h3-14H,2,15H2,1H3/b21-13-. The Kier molecular flexibility index (Phi) is 7.46. The van der Waals surface area contributed by atoms with Gasteiger partial charge in [0.25, 0.3) is 0 Å². The van der Waals surface area contributed by atoms with Crippen molar-refractivity contribution < 1.29 is 19.0 Å². The summed E-state index contributed by atoms with van der Waals surface area (Å²) in [5.74, 6) is 1.13. The van der Waals surface area contributed by atoms with Crippen molar-refractivity contribution >= 4 is 63.1 Å². The van der Waals surface area contributed by atoms with Gasteiger partial charge in [-0.05, 0) is 106 Å². The van der Waals surface area contributed by atoms with Gasteiger partial charge in [0, 0.05) is 9.13 Å². The number of esters is 1. The number of halogens is 2. The molecule has 0 aliphatic carbocycles. The average Bonchev–Trinajstić information content (AvgIpc) is 3.14. The molecule has 0 spiro atoms. The van der Waals surface area contributed by atoms with Crippen LogP contribution in [0.2, 0.25) is 0 Å². The fourth-order valence-corrected chi connectivity index (χ4v) is 4.52. The molecule has 1 aliphatic rings. The van der Waals surface area contributed by atoms with Crippen LogP contribution in [-0.4, -0.2) is 18.5 Å². The third-order valence-electron chi connectivity index (χ3n) is 4.55. The summed E-state index contributed by atoms with van der Waals surface area (Å²) >= 11 is 4.50. The first kappa shape index (κ1) is 22.8. The van der Waals surface area contributed by atoms with Gasteiger partial charge in [-0.25, -0.2) is 9.79 Å². The van der Waals surface area contributed by atoms with E-state index in [9.17, 15) is 4.79 Å². The molecular weight excluding hydrogens is 632 g/mol. The van der Waals surface area contributed by atoms with E-state index >= 15 is 0 Å². The summed E-state index contributed by atoms with van der Waals surface area (Å²) in [6, 6.07) is 21.3. The maximum atomic E-state index is 12.3. The van der Waals surface area contributed by atoms with E-state index in [0.717, 1.165) is 23.8 Å². The van der Waals surface area contributed by atoms with Gasteiger partial charge in [-0.3, -0.25) is 0 Å². The van der Waals surface area contributed by atoms with Gasteiger partial charge in [0.15, 0.2) is 17.2 Å². The molecule has 0 bridgehead atoms. The van der Waals surface area contributed by atoms with E-state index in [1.54, 1.807) is 6.08 Å². The molecule has 7 heteroatoms. The zero-order valence-electron chi connectivity index (χ0n) is 17.2. The van der Waals surface area contributed by atoms with E-state index in [1.165, 1.54) is 0 Å². The van der Waals surface area contributed by atoms with Crippen molar-refractivity contribution in [3.8, 4) is 11.5 Å². The first-order valence-corrected chi connectivity index (χ1v) is 12.1. The second kappa shape index (κ2) is 10.5. The second-order valence-electron chi connectivity index (χ2n) is 6.88. The SMILES string of the molecule is CCOc1cc(/C=C2\N=C(c3ccccc3)OC2=O)cc(I)c1OCc1cccc(I)c1. The number of nitrogens with zero attached hydrogens (tertiary/aromatic N) is 1. The number of benzene rings is 3. The van der Waals surface area contributed by atoms with Crippen molar-refractivity contribution in [2.75, 3.05) is 6.61 Å². The van der Waals surface area contributed by atoms with Gasteiger partial charge in [0.05, 0.1) is 10.2 Å². The van der Waals surface area contributed by atoms with E-state index in [1.807, 2.05) is 67.6 Å². The quantitative estimate of drug-likeness (QED) is 0.173. The van der Waals surface area contributed by atoms with E-state index < -0.39 is 5.97 Å². The Balaban J connectivity index is 1.61. The molecule has 0 N–H and O–H groups in total. The maximum absolute atomic E-state index is 12.3. The fraction of sp³-hybridized carbons (Fsp3) is 0.120. The minimum Gasteiger partial charge on any atom is -0.490 e. The molecule has 3 aromatic carbocycles. The van der Waals surface area contributed by atoms with Gasteiger partial charge in [0.2, 0.25) is 5.90 Å². The summed E-state index contributed by atoms with van der Waals surface area (Å²) in [6.45, 7) is 2.85. The number of carbonyl (C=O) groups is 1. The van der Waals surface area contributed by atoms with Crippen LogP contribution in [0.5, 0.6) is 11.5 Å². The van der Waals surface area contributed by atoms with Crippen molar-refractivity contribution in [3.63, 3.8) is 0 Å². The van der Waals surface area contributed by atoms with Crippen molar-refractivity contribution in [1.29, 1.82) is 0 Å². The molecule has 0 aromatic heterocycles. The largest absolute Gasteiger partial charge is 0.490 e. The topological polar surface area (TPSA) is 57.1 Å². The monoisotopic (exact) mass is 651 g/mol. The number of hydrogen-bond donors (Lipinski definition) is 0. The Labute approximate surface area is 213 Å². The number of carbonyl (C=O) groups excluding carboxylic acids is 1. The lowest BCUT2D eigenvalue weighted by Crippen LogP contribution is -2.05. The molecule has 0 saturated heterocycles. The summed E-state index contributed by atoms with van der Waals surface area (Å²) in [6.07, 6.45) is 1.70. The van der Waals surface area contributed by atoms with Crippen LogP contribution in [0, 0.1) is 7.14 Å². The molecule has 3 aromatic rings. The van der Waals surface area contributed by atoms with Crippen LogP contribution in [-0.2, 0) is 16.1 Å². The third-order valence-corrected chi connectivity index (χ3v) is 6.02. The zero-order chi connectivity index (χ0) is 22.5. The first-order chi connectivity index (χ1) is 15.5. The Morgan fingerprint density at radius 1 is 1.00 bits per heavy atom. The lowest BCUT2D eigenvalue weighted by atomic mass is 10.1. The molecule has 0 amide bonds. The van der Waals surface area contributed by atoms with Crippen LogP contribution in [0.15, 0.2) is 77.4 Å². The molecular formula is C25H19I2NO4. The molecule has 5 nitrogen and oxygen atoms in total. The molecule has 0 radical (unpaired) electrons. The van der Waals surface area contributed by atoms with Gasteiger partial charge in [-0.15, -0.1) is 0 Å². The summed E-state index contributed by atoms with van der Waals surface area (Å²) in [5.41, 5.74) is 2.87. The Hall–Kier alpha value is -2.40. The van der Waals surface area contributed by atoms with Crippen LogP contribution in [0.1, 0.15) is 23.6 Å². The van der Waals surface area contributed by atoms with Crippen molar-refractivity contribution in [2.24, 2.45) is 4.99 Å². The van der Waals surface area contributed by atoms with Crippen LogP contribution < -0.4 is 9.47 Å². The summed E-state index contributed by atoms with van der Waals surface area (Å²) < 4.78 is 19.3. The normalized spacial score (nSPS) is 14.3. The predicted molar refractivity (Wildman–Crippen MR) is 141 cm³/mol. The van der Waals surface area contributed by atoms with E-state index in [2.05, 4.69) is 56.2 Å². The molecule has 0 fully saturated rings. The number of aliphatic imine (C=N–C) groups is 1. The number of ether oxygens (including phenoxy) is 3. The zero-order valence-corrected chi connectivity index (χ0v) is 21.5. The Morgan fingerprint density at radius 3 is 2.56 bits per heavy atom. The molecule has 0 atom stereocenters. The van der Waals surface area contributed by atoms with Crippen LogP contribution in [0.3, 0.4) is 0 Å². The van der Waals surface area contributed by atoms with Gasteiger partial charge >= 0.3 is 5.97 Å². The van der Waals surface area contributed by atoms with Gasteiger partial charge in [0.1, 0.15) is 6.61 Å². The minimum atomic E-state index is -0.476. The fourth-order valence-electron chi connectivity index (χ4n) is 3.13. The highest BCUT2D eigenvalue weighted by atomic mass is 127. The lowest BCUT2D eigenvalue weighted by molar-refractivity contribution is -0.129. The highest BCUT2D eigenvalue weighted by Gasteiger charge is 2.24. The first-order valence-electron chi connectivity index (χ1n) is 9.95. The van der Waals surface area contributed by atoms with E-state index in [-0.39, 0.29) is 5.70 Å². The molecule has 0 saturated carbocycles. The van der Waals surface area contributed by atoms with E-state index in [0.29, 0.717) is 30.6 Å². The summed E-state index contributed by atoms with van der Waals surface area (Å²) in [4.78, 5) is 16.7. The number of cyclic esters (lactones) is 1. The summed E-state index contributed by atoms with van der Waals surface area (Å²) in [5, 5.41) is 0. The lowest BCUT2D eigenvalue weighted by Gasteiger charge is -2.15. The van der Waals surface area contributed by atoms with Crippen LogP contribution in [0.4, 0.5) is 0 Å². The van der Waals surface area contributed by atoms with Gasteiger partial charge < -0.3 is 14.2 Å². The average molecular weight is 651 g/mol. The minimum absolute atomic E-state index is 0.245. The molecule has 1 aliphatic heterocycles. The highest BCUT2D eigenvalue weighted by molar-refractivity contribution is 14.1. The third kappa shape index (κ3) is 5.50. The molecule has 162 valence electrons. The number of rotatable bonds is 7. The van der Waals surface area contributed by atoms with Gasteiger partial charge in [-0.1, -0.05) is 30.3 Å². The van der Waals surface area contributed by atoms with Crippen molar-refractivity contribution in [3.05, 3.63) is 96.3 Å². The van der Waals surface area contributed by atoms with Crippen molar-refractivity contribution in [1.82, 2.24) is 0 Å². The smallest absolute Gasteiger partial charge is 0.363 e. The Morgan fingerprint density at radius 2 is 1.81 bits per heavy atom. The maximum Gasteiger partial charge on any atom is 0.363 e. The van der Waals surface area contributed by atoms with Crippen LogP contribution >= 0.6 is 45.2 Å². The molecule has 1 heterocycles. The van der Waals surface area contributed by atoms with Crippen molar-refractivity contribution in [2.45, 2.75) is 13.5 Å². The molecule has 4 rings (SSSR count). The van der Waals surface area contributed by atoms with Crippen LogP contribution in [0.25, 0.3) is 6.08 Å². The number of hydrogen-bond acceptors (Lipinski definition) is 5. The second-order valence-corrected chi connectivity index (χ2v) is 9.29. The Bertz CT molecular complexity index is 1210. The van der Waals surface area contributed by atoms with E-state index in [4.69, 9.17) is 14.2 Å². The predicted octanol–water partition coefficient (Wildman–Crippen LogP) is 6.22.